The van der Waals surface area contributed by atoms with Gasteiger partial charge in [0.1, 0.15) is 0 Å². The number of rotatable bonds is 9. The summed E-state index contributed by atoms with van der Waals surface area (Å²) in [5, 5.41) is 2.95. The summed E-state index contributed by atoms with van der Waals surface area (Å²) in [4.78, 5) is 12.9. The van der Waals surface area contributed by atoms with Gasteiger partial charge in [-0.2, -0.15) is 4.31 Å². The monoisotopic (exact) mass is 434 g/mol. The second-order valence-corrected chi connectivity index (χ2v) is 9.00. The Morgan fingerprint density at radius 2 is 1.61 bits per heavy atom. The lowest BCUT2D eigenvalue weighted by molar-refractivity contribution is 0.102. The molecule has 3 aromatic carbocycles. The zero-order chi connectivity index (χ0) is 22.3. The van der Waals surface area contributed by atoms with Crippen LogP contribution < -0.4 is 5.32 Å². The minimum absolute atomic E-state index is 0.184. The van der Waals surface area contributed by atoms with Crippen molar-refractivity contribution in [1.82, 2.24) is 4.31 Å². The summed E-state index contributed by atoms with van der Waals surface area (Å²) >= 11 is 0. The minimum atomic E-state index is -3.65. The largest absolute Gasteiger partial charge is 0.322 e. The molecular weight excluding hydrogens is 408 g/mol. The Labute approximate surface area is 184 Å². The highest BCUT2D eigenvalue weighted by atomic mass is 32.2. The van der Waals surface area contributed by atoms with Crippen molar-refractivity contribution in [3.63, 3.8) is 0 Å². The molecule has 0 unspecified atom stereocenters. The van der Waals surface area contributed by atoms with E-state index in [2.05, 4.69) is 11.9 Å². The molecule has 0 atom stereocenters. The third-order valence-corrected chi connectivity index (χ3v) is 6.76. The maximum atomic E-state index is 13.0. The van der Waals surface area contributed by atoms with Crippen molar-refractivity contribution in [2.75, 3.05) is 11.9 Å². The summed E-state index contributed by atoms with van der Waals surface area (Å²) in [6, 6.07) is 23.0. The Balaban J connectivity index is 1.75. The van der Waals surface area contributed by atoms with Gasteiger partial charge in [0.15, 0.2) is 0 Å². The average molecular weight is 435 g/mol. The lowest BCUT2D eigenvalue weighted by atomic mass is 10.1. The molecule has 0 fully saturated rings. The molecule has 6 heteroatoms. The van der Waals surface area contributed by atoms with Crippen LogP contribution in [0.2, 0.25) is 0 Å². The van der Waals surface area contributed by atoms with Crippen LogP contribution in [0.4, 0.5) is 5.69 Å². The van der Waals surface area contributed by atoms with E-state index in [1.165, 1.54) is 4.31 Å². The summed E-state index contributed by atoms with van der Waals surface area (Å²) in [6.45, 7) is 6.09. The first kappa shape index (κ1) is 22.5. The molecule has 1 amide bonds. The maximum Gasteiger partial charge on any atom is 0.255 e. The van der Waals surface area contributed by atoms with Crippen LogP contribution in [0, 0.1) is 0 Å². The summed E-state index contributed by atoms with van der Waals surface area (Å²) in [5.74, 6) is -0.202. The topological polar surface area (TPSA) is 66.5 Å². The summed E-state index contributed by atoms with van der Waals surface area (Å²) in [7, 11) is -3.65. The van der Waals surface area contributed by atoms with E-state index in [0.717, 1.165) is 23.2 Å². The number of amides is 1. The molecule has 5 nitrogen and oxygen atoms in total. The molecule has 3 aromatic rings. The number of carbonyl (C=O) groups excluding carboxylic acids is 1. The average Bonchev–Trinajstić information content (AvgIpc) is 2.80. The Bertz CT molecular complexity index is 1140. The van der Waals surface area contributed by atoms with Crippen molar-refractivity contribution < 1.29 is 13.2 Å². The van der Waals surface area contributed by atoms with E-state index in [-0.39, 0.29) is 23.9 Å². The van der Waals surface area contributed by atoms with E-state index in [9.17, 15) is 13.2 Å². The van der Waals surface area contributed by atoms with E-state index in [0.29, 0.717) is 5.56 Å². The molecule has 0 aliphatic carbocycles. The number of nitrogens with zero attached hydrogens (tertiary/aromatic N) is 1. The smallest absolute Gasteiger partial charge is 0.255 e. The molecule has 3 rings (SSSR count). The van der Waals surface area contributed by atoms with E-state index in [1.54, 1.807) is 60.7 Å². The van der Waals surface area contributed by atoms with Crippen molar-refractivity contribution in [3.8, 4) is 0 Å². The molecule has 0 spiro atoms. The molecule has 0 radical (unpaired) electrons. The van der Waals surface area contributed by atoms with Gasteiger partial charge in [0, 0.05) is 24.3 Å². The number of para-hydroxylation sites is 1. The van der Waals surface area contributed by atoms with Crippen LogP contribution in [0.5, 0.6) is 0 Å². The second-order valence-electron chi connectivity index (χ2n) is 7.06. The third-order valence-electron chi connectivity index (χ3n) is 4.94. The number of sulfonamides is 1. The highest BCUT2D eigenvalue weighted by Gasteiger charge is 2.23. The van der Waals surface area contributed by atoms with Crippen LogP contribution in [0.15, 0.2) is 96.4 Å². The number of aryl methyl sites for hydroxylation is 1. The van der Waals surface area contributed by atoms with Crippen LogP contribution >= 0.6 is 0 Å². The molecule has 0 aliphatic rings. The Morgan fingerprint density at radius 1 is 0.968 bits per heavy atom. The Morgan fingerprint density at radius 3 is 2.26 bits per heavy atom. The zero-order valence-electron chi connectivity index (χ0n) is 17.5. The van der Waals surface area contributed by atoms with Crippen LogP contribution in [0.25, 0.3) is 0 Å². The molecule has 160 valence electrons. The van der Waals surface area contributed by atoms with Gasteiger partial charge in [-0.3, -0.25) is 4.79 Å². The maximum absolute atomic E-state index is 13.0. The van der Waals surface area contributed by atoms with Gasteiger partial charge in [0.05, 0.1) is 4.90 Å². The van der Waals surface area contributed by atoms with Gasteiger partial charge in [-0.25, -0.2) is 8.42 Å². The number of carbonyl (C=O) groups is 1. The van der Waals surface area contributed by atoms with Gasteiger partial charge in [-0.05, 0) is 47.9 Å². The molecule has 0 saturated carbocycles. The first-order valence-electron chi connectivity index (χ1n) is 10.1. The Kier molecular flexibility index (Phi) is 7.39. The lowest BCUT2D eigenvalue weighted by Gasteiger charge is -2.21. The van der Waals surface area contributed by atoms with Crippen LogP contribution in [0.3, 0.4) is 0 Å². The van der Waals surface area contributed by atoms with Crippen LogP contribution in [-0.2, 0) is 23.0 Å². The van der Waals surface area contributed by atoms with Gasteiger partial charge in [0.2, 0.25) is 10.0 Å². The van der Waals surface area contributed by atoms with E-state index in [4.69, 9.17) is 0 Å². The van der Waals surface area contributed by atoms with Crippen LogP contribution in [-0.4, -0.2) is 25.2 Å². The standard InChI is InChI=1S/C25H26N2O3S/c1-3-18-27(31(29,30)23-11-6-5-7-12-23)19-20-14-16-22(17-15-20)25(28)26-24-13-9-8-10-21(24)4-2/h3,5-17H,1,4,18-19H2,2H3,(H,26,28). The Hall–Kier alpha value is -3.22. The molecule has 31 heavy (non-hydrogen) atoms. The summed E-state index contributed by atoms with van der Waals surface area (Å²) < 4.78 is 27.3. The van der Waals surface area contributed by atoms with E-state index in [1.807, 2.05) is 31.2 Å². The van der Waals surface area contributed by atoms with Crippen molar-refractivity contribution in [3.05, 3.63) is 108 Å². The fourth-order valence-corrected chi connectivity index (χ4v) is 4.66. The molecule has 0 saturated heterocycles. The minimum Gasteiger partial charge on any atom is -0.322 e. The fourth-order valence-electron chi connectivity index (χ4n) is 3.24. The fraction of sp³-hybridized carbons (Fsp3) is 0.160. The number of benzene rings is 3. The SMILES string of the molecule is C=CCN(Cc1ccc(C(=O)Nc2ccccc2CC)cc1)S(=O)(=O)c1ccccc1. The van der Waals surface area contributed by atoms with Crippen molar-refractivity contribution in [2.24, 2.45) is 0 Å². The van der Waals surface area contributed by atoms with Gasteiger partial charge < -0.3 is 5.32 Å². The van der Waals surface area contributed by atoms with Gasteiger partial charge >= 0.3 is 0 Å². The first-order valence-corrected chi connectivity index (χ1v) is 11.5. The van der Waals surface area contributed by atoms with Crippen LogP contribution in [0.1, 0.15) is 28.4 Å². The summed E-state index contributed by atoms with van der Waals surface area (Å²) in [5.41, 5.74) is 3.16. The number of anilines is 1. The molecule has 0 bridgehead atoms. The van der Waals surface area contributed by atoms with Gasteiger partial charge in [-0.15, -0.1) is 6.58 Å². The quantitative estimate of drug-likeness (QED) is 0.488. The molecular formula is C25H26N2O3S. The lowest BCUT2D eigenvalue weighted by Crippen LogP contribution is -2.30. The predicted octanol–water partition coefficient (Wildman–Crippen LogP) is 4.88. The number of nitrogens with one attached hydrogen (secondary N) is 1. The normalized spacial score (nSPS) is 11.3. The van der Waals surface area contributed by atoms with Gasteiger partial charge in [-0.1, -0.05) is 61.5 Å². The highest BCUT2D eigenvalue weighted by molar-refractivity contribution is 7.89. The number of hydrogen-bond acceptors (Lipinski definition) is 3. The van der Waals surface area contributed by atoms with Gasteiger partial charge in [0.25, 0.3) is 5.91 Å². The highest BCUT2D eigenvalue weighted by Crippen LogP contribution is 2.20. The van der Waals surface area contributed by atoms with E-state index >= 15 is 0 Å². The van der Waals surface area contributed by atoms with Crippen molar-refractivity contribution in [2.45, 2.75) is 24.8 Å². The molecule has 0 aliphatic heterocycles. The van der Waals surface area contributed by atoms with E-state index < -0.39 is 10.0 Å². The van der Waals surface area contributed by atoms with Crippen molar-refractivity contribution in [1.29, 1.82) is 0 Å². The predicted molar refractivity (Wildman–Crippen MR) is 124 cm³/mol. The first-order chi connectivity index (χ1) is 15.0. The second kappa shape index (κ2) is 10.2. The number of hydrogen-bond donors (Lipinski definition) is 1. The molecule has 0 aromatic heterocycles. The molecule has 1 N–H and O–H groups in total. The molecule has 0 heterocycles. The third kappa shape index (κ3) is 5.48. The zero-order valence-corrected chi connectivity index (χ0v) is 18.3. The summed E-state index contributed by atoms with van der Waals surface area (Å²) in [6.07, 6.45) is 2.39. The van der Waals surface area contributed by atoms with Crippen molar-refractivity contribution >= 4 is 21.6 Å².